The van der Waals surface area contributed by atoms with Crippen LogP contribution in [0.3, 0.4) is 0 Å². The van der Waals surface area contributed by atoms with E-state index in [1.54, 1.807) is 42.5 Å². The van der Waals surface area contributed by atoms with Crippen molar-refractivity contribution in [2.75, 3.05) is 26.4 Å². The molecule has 7 aliphatic rings. The summed E-state index contributed by atoms with van der Waals surface area (Å²) in [5, 5.41) is 140. The molecule has 0 amide bonds. The van der Waals surface area contributed by atoms with Gasteiger partial charge in [-0.05, 0) is 106 Å². The lowest BCUT2D eigenvalue weighted by molar-refractivity contribution is -0.166. The molecular formula is C71H94O30. The number of allylic oxidation sites excluding steroid dienone is 2. The van der Waals surface area contributed by atoms with Crippen LogP contribution in [0.4, 0.5) is 0 Å². The smallest absolute Gasteiger partial charge is 0.339 e. The van der Waals surface area contributed by atoms with E-state index in [1.807, 2.05) is 0 Å². The van der Waals surface area contributed by atoms with Gasteiger partial charge in [0.2, 0.25) is 0 Å². The summed E-state index contributed by atoms with van der Waals surface area (Å²) in [6.45, 7) is -0.730. The maximum absolute atomic E-state index is 12.5. The zero-order valence-electron chi connectivity index (χ0n) is 55.7. The average Bonchev–Trinajstić information content (AvgIpc) is 1.69. The number of carbonyl (C=O) groups excluding carboxylic acids is 5. The molecule has 6 fully saturated rings. The van der Waals surface area contributed by atoms with Gasteiger partial charge in [0.05, 0.1) is 133 Å². The Morgan fingerprint density at radius 2 is 0.802 bits per heavy atom. The maximum atomic E-state index is 12.5. The Balaban J connectivity index is 0.000000199. The first-order valence-corrected chi connectivity index (χ1v) is 34.0. The molecule has 0 saturated heterocycles. The SMILES string of the molecule is O=C(O)C1C2CCC(C2)C1C(=O)OCCC(O)CO.O=C(O)C1CC=CCC1C(=O)OC1CC(O)CC(O)C1.O=C(O)C1CCCCC1C(=O)OCCC(O)CO.O=C(O)c1cccc2cccc(C(=O)OC3CC(O)CC(O)C3)c12.O=C(O)c1ccccc1C(=O)OC1CC(O)CC(O)C1. The van der Waals surface area contributed by atoms with Crippen LogP contribution in [0, 0.1) is 47.3 Å². The Hall–Kier alpha value is -8.04. The third-order valence-corrected chi connectivity index (χ3v) is 19.1. The van der Waals surface area contributed by atoms with E-state index >= 15 is 0 Å². The van der Waals surface area contributed by atoms with E-state index < -0.39 is 162 Å². The van der Waals surface area contributed by atoms with Crippen LogP contribution in [-0.4, -0.2) is 230 Å². The lowest BCUT2D eigenvalue weighted by Crippen LogP contribution is -2.39. The molecule has 7 aliphatic carbocycles. The first-order chi connectivity index (χ1) is 48.0. The number of aromatic carboxylic acids is 2. The van der Waals surface area contributed by atoms with E-state index in [2.05, 4.69) is 0 Å². The molecule has 0 heterocycles. The number of aliphatic hydroxyl groups is 10. The monoisotopic (exact) mass is 1430 g/mol. The van der Waals surface area contributed by atoms with Gasteiger partial charge in [0.1, 0.15) is 18.3 Å². The fourth-order valence-corrected chi connectivity index (χ4v) is 14.2. The summed E-state index contributed by atoms with van der Waals surface area (Å²) in [4.78, 5) is 116. The number of carbonyl (C=O) groups is 10. The average molecular weight is 1430 g/mol. The highest BCUT2D eigenvalue weighted by molar-refractivity contribution is 6.13. The fraction of sp³-hybridized carbons (Fsp3) is 0.606. The summed E-state index contributed by atoms with van der Waals surface area (Å²) >= 11 is 0. The molecule has 3 aromatic rings. The van der Waals surface area contributed by atoms with Gasteiger partial charge in [-0.2, -0.15) is 0 Å². The largest absolute Gasteiger partial charge is 0.481 e. The third kappa shape index (κ3) is 24.6. The Morgan fingerprint density at radius 1 is 0.396 bits per heavy atom. The molecule has 3 aromatic carbocycles. The van der Waals surface area contributed by atoms with Crippen molar-refractivity contribution in [1.82, 2.24) is 0 Å². The first kappa shape index (κ1) is 81.9. The molecule has 2 bridgehead atoms. The molecule has 0 aromatic heterocycles. The highest BCUT2D eigenvalue weighted by Crippen LogP contribution is 2.53. The molecule has 0 spiro atoms. The number of carboxylic acids is 5. The van der Waals surface area contributed by atoms with Crippen LogP contribution in [-0.2, 0) is 52.5 Å². The Labute approximate surface area is 581 Å². The van der Waals surface area contributed by atoms with Gasteiger partial charge in [-0.25, -0.2) is 19.2 Å². The lowest BCUT2D eigenvalue weighted by Gasteiger charge is -2.31. The molecule has 6 saturated carbocycles. The van der Waals surface area contributed by atoms with Gasteiger partial charge >= 0.3 is 59.7 Å². The van der Waals surface area contributed by atoms with E-state index in [0.717, 1.165) is 32.1 Å². The van der Waals surface area contributed by atoms with E-state index in [4.69, 9.17) is 59.4 Å². The summed E-state index contributed by atoms with van der Waals surface area (Å²) in [5.74, 6) is -11.7. The van der Waals surface area contributed by atoms with Crippen LogP contribution in [0.15, 0.2) is 72.8 Å². The van der Waals surface area contributed by atoms with Crippen molar-refractivity contribution in [3.05, 3.63) is 95.1 Å². The summed E-state index contributed by atoms with van der Waals surface area (Å²) in [6.07, 6.45) is 4.51. The van der Waals surface area contributed by atoms with Gasteiger partial charge < -0.3 is 100 Å². The predicted octanol–water partition coefficient (Wildman–Crippen LogP) is 3.44. The Kier molecular flexibility index (Phi) is 32.4. The van der Waals surface area contributed by atoms with Gasteiger partial charge in [0.25, 0.3) is 0 Å². The number of rotatable bonds is 21. The second kappa shape index (κ2) is 40.0. The second-order valence-electron chi connectivity index (χ2n) is 26.7. The highest BCUT2D eigenvalue weighted by Gasteiger charge is 2.55. The zero-order chi connectivity index (χ0) is 74.2. The molecule has 16 unspecified atom stereocenters. The minimum atomic E-state index is -1.21. The first-order valence-electron chi connectivity index (χ1n) is 34.0. The van der Waals surface area contributed by atoms with E-state index in [-0.39, 0.29) is 118 Å². The molecule has 558 valence electrons. The van der Waals surface area contributed by atoms with E-state index in [0.29, 0.717) is 49.3 Å². The minimum absolute atomic E-state index is 0.00337. The molecule has 15 N–H and O–H groups in total. The number of carboxylic acid groups (broad SMARTS) is 5. The van der Waals surface area contributed by atoms with E-state index in [9.17, 15) is 88.8 Å². The summed E-state index contributed by atoms with van der Waals surface area (Å²) in [7, 11) is 0. The number of esters is 5. The summed E-state index contributed by atoms with van der Waals surface area (Å²) < 4.78 is 25.9. The number of aliphatic carboxylic acids is 3. The zero-order valence-corrected chi connectivity index (χ0v) is 55.7. The second-order valence-corrected chi connectivity index (χ2v) is 26.7. The molecule has 0 aliphatic heterocycles. The number of fused-ring (bicyclic) bond motifs is 3. The topological polar surface area (TPSA) is 520 Å². The van der Waals surface area contributed by atoms with Crippen molar-refractivity contribution in [3.63, 3.8) is 0 Å². The normalized spacial score (nSPS) is 29.2. The fourth-order valence-electron chi connectivity index (χ4n) is 14.2. The van der Waals surface area contributed by atoms with Crippen molar-refractivity contribution in [3.8, 4) is 0 Å². The number of hydrogen-bond acceptors (Lipinski definition) is 25. The van der Waals surface area contributed by atoms with Crippen LogP contribution in [0.25, 0.3) is 10.8 Å². The van der Waals surface area contributed by atoms with Gasteiger partial charge in [-0.1, -0.05) is 61.4 Å². The van der Waals surface area contributed by atoms with Gasteiger partial charge in [0.15, 0.2) is 0 Å². The van der Waals surface area contributed by atoms with Gasteiger partial charge in [0, 0.05) is 56.8 Å². The summed E-state index contributed by atoms with van der Waals surface area (Å²) in [5.41, 5.74) is 0.0350. The maximum Gasteiger partial charge on any atom is 0.339 e. The Morgan fingerprint density at radius 3 is 1.26 bits per heavy atom. The number of aliphatic hydroxyl groups excluding tert-OH is 10. The molecular weight excluding hydrogens is 1330 g/mol. The highest BCUT2D eigenvalue weighted by atomic mass is 16.6. The minimum Gasteiger partial charge on any atom is -0.481 e. The molecule has 16 atom stereocenters. The van der Waals surface area contributed by atoms with Crippen LogP contribution in [0.1, 0.15) is 170 Å². The predicted molar refractivity (Wildman–Crippen MR) is 349 cm³/mol. The number of ether oxygens (including phenoxy) is 5. The van der Waals surface area contributed by atoms with E-state index in [1.165, 1.54) is 30.3 Å². The third-order valence-electron chi connectivity index (χ3n) is 19.1. The quantitative estimate of drug-likeness (QED) is 0.0412. The molecule has 10 rings (SSSR count). The van der Waals surface area contributed by atoms with Crippen molar-refractivity contribution in [1.29, 1.82) is 0 Å². The van der Waals surface area contributed by atoms with Crippen LogP contribution in [0.5, 0.6) is 0 Å². The summed E-state index contributed by atoms with van der Waals surface area (Å²) in [6, 6.07) is 15.5. The molecule has 30 nitrogen and oxygen atoms in total. The van der Waals surface area contributed by atoms with Crippen molar-refractivity contribution < 1.29 is 148 Å². The Bertz CT molecular complexity index is 3280. The molecule has 101 heavy (non-hydrogen) atoms. The number of hydrogen-bond donors (Lipinski definition) is 15. The lowest BCUT2D eigenvalue weighted by atomic mass is 9.79. The van der Waals surface area contributed by atoms with Gasteiger partial charge in [-0.3, -0.25) is 28.8 Å². The van der Waals surface area contributed by atoms with Crippen molar-refractivity contribution >= 4 is 70.5 Å². The van der Waals surface area contributed by atoms with Crippen LogP contribution >= 0.6 is 0 Å². The standard InChI is InChI=1S/C18H18O6.C14H20O6.C14H16O6.C13H20O6.C12H20O6/c19-11-7-12(20)9-13(8-11)24-18(23)15-6-2-4-10-3-1-5-14(16(10)15)17(21)22;2*15-8-5-9(16)7-10(6-8)20-14(19)12-4-2-1-3-11(12)13(17)18;14-6-9(15)3-4-19-13(18)11-8-2-1-7(5-8)10(11)12(16)17;13-7-8(14)5-6-18-12(17)10-4-2-1-3-9(10)11(15)16/h1-6,11-13,19-20H,7-9H2,(H,21,22);1-2,8-12,15-16H,3-7H2,(H,17,18);1-4,8-10,15-16H,5-7H2,(H,17,18);7-11,14-15H,1-6H2,(H,16,17);8-10,13-14H,1-7H2,(H,15,16). The van der Waals surface area contributed by atoms with Gasteiger partial charge in [-0.15, -0.1) is 0 Å². The molecule has 30 heteroatoms. The van der Waals surface area contributed by atoms with Crippen LogP contribution < -0.4 is 0 Å². The molecule has 0 radical (unpaired) electrons. The number of benzene rings is 3. The van der Waals surface area contributed by atoms with Crippen molar-refractivity contribution in [2.45, 2.75) is 196 Å². The van der Waals surface area contributed by atoms with Crippen LogP contribution in [0.2, 0.25) is 0 Å². The van der Waals surface area contributed by atoms with Crippen molar-refractivity contribution in [2.24, 2.45) is 47.3 Å².